The number of nitrogens with zero attached hydrogens (tertiary/aromatic N) is 2. The fraction of sp³-hybridized carbons (Fsp3) is 0.417. The second-order valence-corrected chi connectivity index (χ2v) is 8.95. The molecule has 0 bridgehead atoms. The number of benzene rings is 1. The maximum Gasteiger partial charge on any atom is 0.334 e. The summed E-state index contributed by atoms with van der Waals surface area (Å²) in [5.74, 6) is -5.06. The number of carbonyl (C=O) groups is 3. The number of carboxylic acid groups (broad SMARTS) is 2. The number of hydrogen-bond donors (Lipinski definition) is 2. The first-order chi connectivity index (χ1) is 14.8. The number of aliphatic imine (C=N–C) groups is 1. The number of carboxylic acids is 2. The number of hydrogen-bond acceptors (Lipinski definition) is 6. The van der Waals surface area contributed by atoms with Gasteiger partial charge in [-0.2, -0.15) is 0 Å². The van der Waals surface area contributed by atoms with E-state index in [1.807, 2.05) is 0 Å². The van der Waals surface area contributed by atoms with Gasteiger partial charge in [0, 0.05) is 24.3 Å². The van der Waals surface area contributed by atoms with E-state index in [0.717, 1.165) is 0 Å². The molecule has 2 atom stereocenters. The fourth-order valence-corrected chi connectivity index (χ4v) is 3.70. The highest BCUT2D eigenvalue weighted by Crippen LogP contribution is 2.41. The normalized spacial score (nSPS) is 19.3. The van der Waals surface area contributed by atoms with Crippen molar-refractivity contribution in [3.05, 3.63) is 52.7 Å². The highest BCUT2D eigenvalue weighted by molar-refractivity contribution is 6.06. The second kappa shape index (κ2) is 9.91. The van der Waals surface area contributed by atoms with Crippen LogP contribution in [0, 0.1) is 5.92 Å². The Morgan fingerprint density at radius 3 is 2.31 bits per heavy atom. The van der Waals surface area contributed by atoms with Crippen LogP contribution in [0.5, 0.6) is 0 Å². The first-order valence-corrected chi connectivity index (χ1v) is 10.2. The molecule has 0 radical (unpaired) electrons. The molecule has 0 fully saturated rings. The summed E-state index contributed by atoms with van der Waals surface area (Å²) in [7, 11) is 3.57. The summed E-state index contributed by atoms with van der Waals surface area (Å²) in [5, 5.41) is 20.0. The molecule has 8 heteroatoms. The SMILES string of the molecule is CC1=NC(CN(C)C)=C(C(=O)O)C(c2ccccc2C=CC(=O)OC(C)(C)C)C1C(=O)O. The van der Waals surface area contributed by atoms with E-state index in [9.17, 15) is 24.6 Å². The van der Waals surface area contributed by atoms with Crippen molar-refractivity contribution in [2.24, 2.45) is 10.9 Å². The predicted molar refractivity (Wildman–Crippen MR) is 122 cm³/mol. The Labute approximate surface area is 187 Å². The third-order valence-electron chi connectivity index (χ3n) is 4.82. The van der Waals surface area contributed by atoms with Gasteiger partial charge in [0.2, 0.25) is 0 Å². The van der Waals surface area contributed by atoms with Gasteiger partial charge in [-0.3, -0.25) is 9.79 Å². The molecule has 2 rings (SSSR count). The van der Waals surface area contributed by atoms with Gasteiger partial charge < -0.3 is 19.8 Å². The lowest BCUT2D eigenvalue weighted by atomic mass is 9.74. The third kappa shape index (κ3) is 6.13. The maximum absolute atomic E-state index is 12.3. The quantitative estimate of drug-likeness (QED) is 0.492. The summed E-state index contributed by atoms with van der Waals surface area (Å²) < 4.78 is 5.29. The average Bonchev–Trinajstić information content (AvgIpc) is 2.63. The molecule has 0 saturated heterocycles. The largest absolute Gasteiger partial charge is 0.481 e. The van der Waals surface area contributed by atoms with Crippen LogP contribution in [0.15, 0.2) is 46.6 Å². The summed E-state index contributed by atoms with van der Waals surface area (Å²) in [5.41, 5.74) is 0.945. The minimum Gasteiger partial charge on any atom is -0.481 e. The van der Waals surface area contributed by atoms with E-state index in [1.54, 1.807) is 71.0 Å². The molecule has 1 aromatic rings. The van der Waals surface area contributed by atoms with Crippen LogP contribution in [0.1, 0.15) is 44.7 Å². The topological polar surface area (TPSA) is 117 Å². The Bertz CT molecular complexity index is 998. The number of aliphatic carboxylic acids is 2. The number of carbonyl (C=O) groups excluding carboxylic acids is 1. The van der Waals surface area contributed by atoms with Gasteiger partial charge in [-0.25, -0.2) is 9.59 Å². The van der Waals surface area contributed by atoms with Gasteiger partial charge in [-0.1, -0.05) is 24.3 Å². The molecule has 1 aliphatic rings. The summed E-state index contributed by atoms with van der Waals surface area (Å²) >= 11 is 0. The molecule has 2 N–H and O–H groups in total. The van der Waals surface area contributed by atoms with Crippen LogP contribution in [0.3, 0.4) is 0 Å². The van der Waals surface area contributed by atoms with E-state index in [2.05, 4.69) is 4.99 Å². The third-order valence-corrected chi connectivity index (χ3v) is 4.82. The highest BCUT2D eigenvalue weighted by atomic mass is 16.6. The molecular weight excluding hydrogens is 412 g/mol. The van der Waals surface area contributed by atoms with Crippen molar-refractivity contribution >= 4 is 29.7 Å². The molecule has 1 aromatic carbocycles. The Morgan fingerprint density at radius 1 is 1.16 bits per heavy atom. The highest BCUT2D eigenvalue weighted by Gasteiger charge is 2.42. The first kappa shape index (κ1) is 25.0. The van der Waals surface area contributed by atoms with Crippen LogP contribution in [-0.4, -0.2) is 65.0 Å². The van der Waals surface area contributed by atoms with E-state index in [0.29, 0.717) is 22.5 Å². The van der Waals surface area contributed by atoms with Crippen molar-refractivity contribution in [2.75, 3.05) is 20.6 Å². The molecular formula is C24H30N2O6. The zero-order chi connectivity index (χ0) is 24.2. The van der Waals surface area contributed by atoms with Gasteiger partial charge in [0.15, 0.2) is 0 Å². The Morgan fingerprint density at radius 2 is 1.78 bits per heavy atom. The van der Waals surface area contributed by atoms with Crippen LogP contribution in [0.2, 0.25) is 0 Å². The molecule has 8 nitrogen and oxygen atoms in total. The minimum absolute atomic E-state index is 0.0604. The van der Waals surface area contributed by atoms with Gasteiger partial charge in [0.1, 0.15) is 11.5 Å². The van der Waals surface area contributed by atoms with Gasteiger partial charge in [0.05, 0.1) is 11.3 Å². The summed E-state index contributed by atoms with van der Waals surface area (Å²) in [6.45, 7) is 7.11. The number of likely N-dealkylation sites (N-methyl/N-ethyl adjacent to an activating group) is 1. The molecule has 32 heavy (non-hydrogen) atoms. The molecule has 1 aliphatic heterocycles. The number of ether oxygens (including phenoxy) is 1. The molecule has 0 aromatic heterocycles. The van der Waals surface area contributed by atoms with Crippen molar-refractivity contribution in [2.45, 2.75) is 39.2 Å². The van der Waals surface area contributed by atoms with Crippen molar-refractivity contribution < 1.29 is 29.3 Å². The minimum atomic E-state index is -1.22. The molecule has 172 valence electrons. The zero-order valence-corrected chi connectivity index (χ0v) is 19.2. The van der Waals surface area contributed by atoms with Crippen LogP contribution < -0.4 is 0 Å². The predicted octanol–water partition coefficient (Wildman–Crippen LogP) is 3.20. The van der Waals surface area contributed by atoms with E-state index in [4.69, 9.17) is 4.74 Å². The van der Waals surface area contributed by atoms with Crippen molar-refractivity contribution in [3.63, 3.8) is 0 Å². The van der Waals surface area contributed by atoms with Gasteiger partial charge >= 0.3 is 17.9 Å². The molecule has 1 heterocycles. The lowest BCUT2D eigenvalue weighted by molar-refractivity contribution is -0.148. The van der Waals surface area contributed by atoms with Gasteiger partial charge in [-0.05, 0) is 59.0 Å². The lowest BCUT2D eigenvalue weighted by Crippen LogP contribution is -2.36. The van der Waals surface area contributed by atoms with Gasteiger partial charge in [-0.15, -0.1) is 0 Å². The summed E-state index contributed by atoms with van der Waals surface area (Å²) in [6.07, 6.45) is 2.78. The Hall–Kier alpha value is -3.26. The second-order valence-electron chi connectivity index (χ2n) is 8.95. The summed E-state index contributed by atoms with van der Waals surface area (Å²) in [4.78, 5) is 42.8. The first-order valence-electron chi connectivity index (χ1n) is 10.2. The molecule has 2 unspecified atom stereocenters. The van der Waals surface area contributed by atoms with Gasteiger partial charge in [0.25, 0.3) is 0 Å². The number of rotatable bonds is 7. The molecule has 0 spiro atoms. The van der Waals surface area contributed by atoms with Crippen molar-refractivity contribution in [1.82, 2.24) is 4.90 Å². The van der Waals surface area contributed by atoms with Crippen LogP contribution in [0.4, 0.5) is 0 Å². The fourth-order valence-electron chi connectivity index (χ4n) is 3.70. The van der Waals surface area contributed by atoms with Crippen molar-refractivity contribution in [1.29, 1.82) is 0 Å². The van der Waals surface area contributed by atoms with E-state index in [1.165, 1.54) is 12.2 Å². The molecule has 0 amide bonds. The maximum atomic E-state index is 12.3. The Balaban J connectivity index is 2.65. The average molecular weight is 443 g/mol. The van der Waals surface area contributed by atoms with E-state index in [-0.39, 0.29) is 12.1 Å². The van der Waals surface area contributed by atoms with Crippen LogP contribution >= 0.6 is 0 Å². The van der Waals surface area contributed by atoms with Crippen LogP contribution in [0.25, 0.3) is 6.08 Å². The Kier molecular flexibility index (Phi) is 7.74. The standard InChI is InChI=1S/C24H30N2O6/c1-14-19(22(28)29)20(21(23(30)31)17(25-14)13-26(5)6)16-10-8-7-9-15(16)11-12-18(27)32-24(2,3)4/h7-12,19-20H,13H2,1-6H3,(H,28,29)(H,30,31). The number of esters is 1. The van der Waals surface area contributed by atoms with E-state index >= 15 is 0 Å². The monoisotopic (exact) mass is 442 g/mol. The molecule has 0 aliphatic carbocycles. The lowest BCUT2D eigenvalue weighted by Gasteiger charge is -2.32. The summed E-state index contributed by atoms with van der Waals surface area (Å²) in [6, 6.07) is 6.85. The smallest absolute Gasteiger partial charge is 0.334 e. The van der Waals surface area contributed by atoms with Crippen molar-refractivity contribution in [3.8, 4) is 0 Å². The van der Waals surface area contributed by atoms with Crippen LogP contribution in [-0.2, 0) is 19.1 Å². The molecule has 0 saturated carbocycles. The van der Waals surface area contributed by atoms with E-state index < -0.39 is 35.3 Å². The zero-order valence-electron chi connectivity index (χ0n) is 19.2.